The van der Waals surface area contributed by atoms with Crippen LogP contribution in [0.3, 0.4) is 0 Å². The van der Waals surface area contributed by atoms with Crippen LogP contribution in [0, 0.1) is 11.8 Å². The largest absolute Gasteiger partial charge is 0.465 e. The Morgan fingerprint density at radius 2 is 0.716 bits per heavy atom. The Kier molecular flexibility index (Phi) is 49.4. The third-order valence-corrected chi connectivity index (χ3v) is 14.2. The molecule has 0 aromatic carbocycles. The first-order chi connectivity index (χ1) is 32.7. The van der Waals surface area contributed by atoms with Gasteiger partial charge in [0.1, 0.15) is 0 Å². The highest BCUT2D eigenvalue weighted by molar-refractivity contribution is 5.76. The molecule has 0 bridgehead atoms. The van der Waals surface area contributed by atoms with Crippen molar-refractivity contribution in [3.8, 4) is 0 Å². The standard InChI is InChI=1S/C59H115FN2O5/c1-7-11-15-19-22-31-42-54(40-29-17-13-9-3)52-66-58(64)47-36-26-25-33-44-56(62(51-39-50-61(5)6)57(63)46-35-24-21-27-38-49-60)45-34-28-37-48-59(65)67-53-55(41-30-18-14-10-4)43-32-23-20-16-12-8-2/h54-56H,7-53H2,1-6H3. The van der Waals surface area contributed by atoms with Gasteiger partial charge in [0, 0.05) is 31.8 Å². The zero-order valence-corrected chi connectivity index (χ0v) is 45.8. The summed E-state index contributed by atoms with van der Waals surface area (Å²) in [5.41, 5.74) is 0. The molecule has 0 aliphatic rings. The maximum atomic E-state index is 13.9. The van der Waals surface area contributed by atoms with Gasteiger partial charge in [0.05, 0.1) is 19.9 Å². The van der Waals surface area contributed by atoms with E-state index in [-0.39, 0.29) is 30.6 Å². The van der Waals surface area contributed by atoms with E-state index < -0.39 is 0 Å². The van der Waals surface area contributed by atoms with E-state index in [1.54, 1.807) is 0 Å². The first-order valence-corrected chi connectivity index (χ1v) is 29.5. The average molecular weight is 952 g/mol. The number of nitrogens with zero attached hydrogens (tertiary/aromatic N) is 2. The molecule has 0 N–H and O–H groups in total. The van der Waals surface area contributed by atoms with Crippen LogP contribution in [0.1, 0.15) is 297 Å². The molecular weight excluding hydrogens is 836 g/mol. The normalized spacial score (nSPS) is 13.0. The van der Waals surface area contributed by atoms with E-state index in [9.17, 15) is 18.8 Å². The summed E-state index contributed by atoms with van der Waals surface area (Å²) < 4.78 is 24.5. The molecule has 7 nitrogen and oxygen atoms in total. The summed E-state index contributed by atoms with van der Waals surface area (Å²) >= 11 is 0. The van der Waals surface area contributed by atoms with Crippen LogP contribution in [0.25, 0.3) is 0 Å². The molecular formula is C59H115FN2O5. The number of alkyl halides is 1. The molecule has 67 heavy (non-hydrogen) atoms. The highest BCUT2D eigenvalue weighted by Crippen LogP contribution is 2.24. The monoisotopic (exact) mass is 951 g/mol. The number of ether oxygens (including phenoxy) is 2. The number of esters is 2. The summed E-state index contributed by atoms with van der Waals surface area (Å²) in [5, 5.41) is 0. The van der Waals surface area contributed by atoms with Crippen LogP contribution < -0.4 is 0 Å². The van der Waals surface area contributed by atoms with Gasteiger partial charge in [0.25, 0.3) is 0 Å². The molecule has 8 heteroatoms. The van der Waals surface area contributed by atoms with Gasteiger partial charge in [-0.05, 0) is 103 Å². The fraction of sp³-hybridized carbons (Fsp3) is 0.949. The van der Waals surface area contributed by atoms with Crippen LogP contribution in [-0.4, -0.2) is 80.8 Å². The van der Waals surface area contributed by atoms with E-state index in [1.807, 2.05) is 0 Å². The van der Waals surface area contributed by atoms with E-state index in [2.05, 4.69) is 51.6 Å². The number of amides is 1. The van der Waals surface area contributed by atoms with Gasteiger partial charge < -0.3 is 19.3 Å². The van der Waals surface area contributed by atoms with E-state index in [0.29, 0.717) is 50.7 Å². The minimum atomic E-state index is -0.260. The topological polar surface area (TPSA) is 76.2 Å². The molecule has 0 saturated heterocycles. The molecule has 1 amide bonds. The van der Waals surface area contributed by atoms with Crippen molar-refractivity contribution in [2.45, 2.75) is 303 Å². The molecule has 0 spiro atoms. The molecule has 398 valence electrons. The van der Waals surface area contributed by atoms with Gasteiger partial charge in [0.2, 0.25) is 5.91 Å². The predicted molar refractivity (Wildman–Crippen MR) is 286 cm³/mol. The Labute approximate surface area is 416 Å². The summed E-state index contributed by atoms with van der Waals surface area (Å²) in [6.45, 7) is 11.6. The van der Waals surface area contributed by atoms with Crippen molar-refractivity contribution in [1.29, 1.82) is 0 Å². The lowest BCUT2D eigenvalue weighted by Crippen LogP contribution is -2.41. The minimum Gasteiger partial charge on any atom is -0.465 e. The van der Waals surface area contributed by atoms with Crippen molar-refractivity contribution in [3.63, 3.8) is 0 Å². The van der Waals surface area contributed by atoms with E-state index >= 15 is 0 Å². The lowest BCUT2D eigenvalue weighted by molar-refractivity contribution is -0.146. The Bertz CT molecular complexity index is 1070. The van der Waals surface area contributed by atoms with Gasteiger partial charge in [-0.15, -0.1) is 0 Å². The van der Waals surface area contributed by atoms with E-state index in [1.165, 1.54) is 148 Å². The molecule has 0 rings (SSSR count). The molecule has 0 aromatic heterocycles. The molecule has 0 fully saturated rings. The van der Waals surface area contributed by atoms with E-state index in [0.717, 1.165) is 109 Å². The molecule has 0 heterocycles. The van der Waals surface area contributed by atoms with Crippen LogP contribution in [0.4, 0.5) is 4.39 Å². The molecule has 0 aromatic rings. The quantitative estimate of drug-likeness (QED) is 0.0447. The van der Waals surface area contributed by atoms with Gasteiger partial charge in [-0.25, -0.2) is 0 Å². The van der Waals surface area contributed by atoms with Crippen LogP contribution >= 0.6 is 0 Å². The molecule has 3 atom stereocenters. The second-order valence-corrected chi connectivity index (χ2v) is 21.1. The van der Waals surface area contributed by atoms with Gasteiger partial charge in [0.15, 0.2) is 0 Å². The SMILES string of the molecule is CCCCCCCCC(CCCCCC)COC(=O)CCCCCCC(CCCCCC(=O)OCC(CCCCCC)CCCCCCCC)N(CCCN(C)C)C(=O)CCCCCCCF. The zero-order chi connectivity index (χ0) is 49.3. The number of unbranched alkanes of at least 4 members (excludes halogenated alkanes) is 25. The first-order valence-electron chi connectivity index (χ1n) is 29.5. The minimum absolute atomic E-state index is 0.0407. The van der Waals surface area contributed by atoms with Crippen molar-refractivity contribution in [2.75, 3.05) is 47.1 Å². The van der Waals surface area contributed by atoms with Crippen molar-refractivity contribution < 1.29 is 28.2 Å². The van der Waals surface area contributed by atoms with Crippen molar-refractivity contribution in [2.24, 2.45) is 11.8 Å². The highest BCUT2D eigenvalue weighted by atomic mass is 19.1. The fourth-order valence-corrected chi connectivity index (χ4v) is 9.73. The molecule has 0 aliphatic carbocycles. The van der Waals surface area contributed by atoms with Gasteiger partial charge in [-0.1, -0.05) is 207 Å². The number of carbonyl (C=O) groups excluding carboxylic acids is 3. The second kappa shape index (κ2) is 50.7. The maximum Gasteiger partial charge on any atom is 0.305 e. The summed E-state index contributed by atoms with van der Waals surface area (Å²) in [7, 11) is 4.18. The van der Waals surface area contributed by atoms with Crippen LogP contribution in [0.2, 0.25) is 0 Å². The fourth-order valence-electron chi connectivity index (χ4n) is 9.73. The second-order valence-electron chi connectivity index (χ2n) is 21.1. The van der Waals surface area contributed by atoms with Crippen LogP contribution in [-0.2, 0) is 23.9 Å². The summed E-state index contributed by atoms with van der Waals surface area (Å²) in [6, 6.07) is 0.175. The number of hydrogen-bond acceptors (Lipinski definition) is 6. The van der Waals surface area contributed by atoms with Gasteiger partial charge in [-0.2, -0.15) is 0 Å². The lowest BCUT2D eigenvalue weighted by atomic mass is 9.95. The Morgan fingerprint density at radius 3 is 1.12 bits per heavy atom. The Balaban J connectivity index is 5.27. The molecule has 0 saturated carbocycles. The van der Waals surface area contributed by atoms with Crippen molar-refractivity contribution in [1.82, 2.24) is 9.80 Å². The molecule has 0 aliphatic heterocycles. The molecule has 3 unspecified atom stereocenters. The third kappa shape index (κ3) is 44.0. The number of hydrogen-bond donors (Lipinski definition) is 0. The van der Waals surface area contributed by atoms with Crippen LogP contribution in [0.15, 0.2) is 0 Å². The Morgan fingerprint density at radius 1 is 0.388 bits per heavy atom. The van der Waals surface area contributed by atoms with E-state index in [4.69, 9.17) is 9.47 Å². The number of carbonyl (C=O) groups is 3. The van der Waals surface area contributed by atoms with Crippen molar-refractivity contribution >= 4 is 17.8 Å². The summed E-state index contributed by atoms with van der Waals surface area (Å²) in [5.74, 6) is 1.14. The third-order valence-electron chi connectivity index (χ3n) is 14.2. The van der Waals surface area contributed by atoms with Gasteiger partial charge >= 0.3 is 11.9 Å². The first kappa shape index (κ1) is 65.3. The Hall–Kier alpha value is -1.70. The maximum absolute atomic E-state index is 13.9. The summed E-state index contributed by atoms with van der Waals surface area (Å²) in [4.78, 5) is 44.2. The highest BCUT2D eigenvalue weighted by Gasteiger charge is 2.23. The number of halogens is 1. The van der Waals surface area contributed by atoms with Crippen molar-refractivity contribution in [3.05, 3.63) is 0 Å². The average Bonchev–Trinajstić information content (AvgIpc) is 3.31. The predicted octanol–water partition coefficient (Wildman–Crippen LogP) is 17.5. The zero-order valence-electron chi connectivity index (χ0n) is 45.8. The summed E-state index contributed by atoms with van der Waals surface area (Å²) in [6.07, 6.45) is 45.7. The van der Waals surface area contributed by atoms with Crippen LogP contribution in [0.5, 0.6) is 0 Å². The molecule has 0 radical (unpaired) electrons. The smallest absolute Gasteiger partial charge is 0.305 e. The van der Waals surface area contributed by atoms with Gasteiger partial charge in [-0.3, -0.25) is 18.8 Å². The number of rotatable bonds is 53. The lowest BCUT2D eigenvalue weighted by Gasteiger charge is -2.33.